The summed E-state index contributed by atoms with van der Waals surface area (Å²) in [6.07, 6.45) is 14.7. The van der Waals surface area contributed by atoms with Crippen molar-refractivity contribution < 1.29 is 66.7 Å². The third-order valence-corrected chi connectivity index (χ3v) is 15.0. The largest absolute Gasteiger partial charge is 0.494 e. The van der Waals surface area contributed by atoms with E-state index in [4.69, 9.17) is 42.9 Å². The minimum atomic E-state index is -0.399. The van der Waals surface area contributed by atoms with Crippen LogP contribution in [0.5, 0.6) is 23.0 Å². The number of unbranched alkanes of at least 4 members (excludes halogenated alkanes) is 6. The monoisotopic (exact) mass is 1100 g/mol. The van der Waals surface area contributed by atoms with Gasteiger partial charge in [0.05, 0.1) is 48.8 Å². The quantitative estimate of drug-likeness (QED) is 0.0134. The van der Waals surface area contributed by atoms with Crippen LogP contribution in [0, 0.1) is 11.8 Å². The van der Waals surface area contributed by atoms with Crippen molar-refractivity contribution in [1.29, 1.82) is 0 Å². The Bertz CT molecular complexity index is 2780. The van der Waals surface area contributed by atoms with Gasteiger partial charge in [0.2, 0.25) is 0 Å². The van der Waals surface area contributed by atoms with Gasteiger partial charge in [-0.3, -0.25) is 19.2 Å². The molecule has 0 spiro atoms. The van der Waals surface area contributed by atoms with Crippen LogP contribution < -0.4 is 18.9 Å². The lowest BCUT2D eigenvalue weighted by atomic mass is 9.87. The summed E-state index contributed by atoms with van der Waals surface area (Å²) in [7, 11) is 0. The van der Waals surface area contributed by atoms with Crippen LogP contribution in [-0.2, 0) is 60.6 Å². The number of benzene rings is 3. The summed E-state index contributed by atoms with van der Waals surface area (Å²) in [5, 5.41) is 2.49. The topological polar surface area (TPSA) is 189 Å². The molecule has 0 N–H and O–H groups in total. The Morgan fingerprint density at radius 2 is 0.975 bits per heavy atom. The number of ether oxygens (including phenoxy) is 8. The van der Waals surface area contributed by atoms with Gasteiger partial charge in [0, 0.05) is 30.4 Å². The number of hydrogen-bond acceptors (Lipinski definition) is 16. The lowest BCUT2D eigenvalue weighted by Gasteiger charge is -2.27. The van der Waals surface area contributed by atoms with Crippen molar-refractivity contribution >= 4 is 58.1 Å². The predicted molar refractivity (Wildman–Crippen MR) is 300 cm³/mol. The molecule has 7 rings (SSSR count). The number of pyridine rings is 1. The molecule has 15 nitrogen and oxygen atoms in total. The molecule has 2 heterocycles. The van der Waals surface area contributed by atoms with Gasteiger partial charge < -0.3 is 37.9 Å². The molecular formula is C63H73NO14S. The van der Waals surface area contributed by atoms with Gasteiger partial charge in [-0.25, -0.2) is 14.6 Å². The van der Waals surface area contributed by atoms with E-state index in [1.165, 1.54) is 17.4 Å². The van der Waals surface area contributed by atoms with Crippen LogP contribution in [0.15, 0.2) is 116 Å². The molecule has 2 aromatic heterocycles. The molecule has 0 aliphatic heterocycles. The van der Waals surface area contributed by atoms with Crippen LogP contribution in [0.2, 0.25) is 0 Å². The molecule has 2 fully saturated rings. The Morgan fingerprint density at radius 1 is 0.519 bits per heavy atom. The minimum Gasteiger partial charge on any atom is -0.494 e. The van der Waals surface area contributed by atoms with Crippen LogP contribution in [0.1, 0.15) is 127 Å². The molecule has 2 saturated carbocycles. The first-order valence-electron chi connectivity index (χ1n) is 27.8. The molecule has 0 amide bonds. The Balaban J connectivity index is 0.806. The maximum absolute atomic E-state index is 13.7. The fourth-order valence-electron chi connectivity index (χ4n) is 9.56. The van der Waals surface area contributed by atoms with E-state index in [9.17, 15) is 28.8 Å². The first-order chi connectivity index (χ1) is 38.5. The van der Waals surface area contributed by atoms with Crippen molar-refractivity contribution in [3.8, 4) is 33.6 Å². The van der Waals surface area contributed by atoms with Crippen molar-refractivity contribution in [3.05, 3.63) is 127 Å². The van der Waals surface area contributed by atoms with Gasteiger partial charge in [-0.2, -0.15) is 0 Å². The number of fused-ring (bicyclic) bond motifs is 1. The zero-order valence-electron chi connectivity index (χ0n) is 45.1. The highest BCUT2D eigenvalue weighted by Crippen LogP contribution is 2.38. The second kappa shape index (κ2) is 31.9. The maximum atomic E-state index is 13.7. The average molecular weight is 1100 g/mol. The number of hydrogen-bond donors (Lipinski definition) is 0. The molecule has 2 aliphatic carbocycles. The Labute approximate surface area is 466 Å². The number of rotatable bonds is 31. The summed E-state index contributed by atoms with van der Waals surface area (Å²) in [6.45, 7) is 8.74. The van der Waals surface area contributed by atoms with Crippen molar-refractivity contribution in [2.75, 3.05) is 26.4 Å². The summed E-state index contributed by atoms with van der Waals surface area (Å²) in [4.78, 5) is 81.2. The summed E-state index contributed by atoms with van der Waals surface area (Å²) in [6, 6.07) is 26.3. The van der Waals surface area contributed by atoms with E-state index in [2.05, 4.69) is 13.2 Å². The van der Waals surface area contributed by atoms with Crippen LogP contribution in [-0.4, -0.2) is 79.4 Å². The summed E-state index contributed by atoms with van der Waals surface area (Å²) in [5.41, 5.74) is 3.09. The standard InChI is InChI=1S/C63H73NO14S/c1-3-57(65)73-41-11-7-5-9-39-71-48-25-15-44(16-26-48)19-37-59(67)75-50-29-21-46(22-30-50)62(69)77-54-35-36-55(61-52(54)33-34-53(64-61)56-14-13-43-79-56)78-63(70)47-23-31-51(32-24-47)76-60(68)38-20-45-17-27-49(28-18-45)72-40-10-6-8-12-42-74-58(66)4-2/h3-4,13-18,25-28,33-36,43,46-47,50-51H,1-2,5-12,19-24,29-32,37-42H2. The van der Waals surface area contributed by atoms with Gasteiger partial charge in [-0.1, -0.05) is 43.5 Å². The number of aryl methyl sites for hydroxylation is 2. The molecule has 5 aromatic rings. The fraction of sp³-hybridized carbons (Fsp3) is 0.444. The van der Waals surface area contributed by atoms with E-state index in [-0.39, 0.29) is 54.6 Å². The summed E-state index contributed by atoms with van der Waals surface area (Å²) >= 11 is 1.53. The Hall–Kier alpha value is -7.33. The maximum Gasteiger partial charge on any atom is 0.330 e. The zero-order valence-corrected chi connectivity index (χ0v) is 45.9. The van der Waals surface area contributed by atoms with E-state index in [1.807, 2.05) is 78.2 Å². The first kappa shape index (κ1) is 59.3. The zero-order chi connectivity index (χ0) is 55.6. The highest BCUT2D eigenvalue weighted by atomic mass is 32.1. The van der Waals surface area contributed by atoms with Crippen LogP contribution in [0.4, 0.5) is 0 Å². The highest BCUT2D eigenvalue weighted by molar-refractivity contribution is 7.13. The van der Waals surface area contributed by atoms with Gasteiger partial charge >= 0.3 is 35.8 Å². The van der Waals surface area contributed by atoms with E-state index in [0.717, 1.165) is 84.9 Å². The number of nitrogens with zero attached hydrogens (tertiary/aromatic N) is 1. The van der Waals surface area contributed by atoms with E-state index < -0.39 is 23.8 Å². The molecule has 3 aromatic carbocycles. The SMILES string of the molecule is C=CC(=O)OCCCCCCOc1ccc(CCC(=O)OC2CCC(C(=O)Oc3ccc(OC(=O)C4CCC(OC(=O)CCc5ccc(OCCCCCCOC(=O)C=C)cc5)CC4)c4nc(-c5cccs5)ccc34)CC2)cc1. The minimum absolute atomic E-state index is 0.238. The van der Waals surface area contributed by atoms with Gasteiger partial charge in [0.1, 0.15) is 35.0 Å². The van der Waals surface area contributed by atoms with Gasteiger partial charge in [-0.05, 0) is 187 Å². The number of carbonyl (C=O) groups is 6. The third kappa shape index (κ3) is 19.8. The normalized spacial score (nSPS) is 16.9. The molecule has 0 unspecified atom stereocenters. The smallest absolute Gasteiger partial charge is 0.330 e. The average Bonchev–Trinajstić information content (AvgIpc) is 4.03. The molecule has 0 bridgehead atoms. The number of thiophene rings is 1. The van der Waals surface area contributed by atoms with E-state index in [0.29, 0.717) is 113 Å². The molecule has 420 valence electrons. The lowest BCUT2D eigenvalue weighted by molar-refractivity contribution is -0.153. The number of aromatic nitrogens is 1. The van der Waals surface area contributed by atoms with E-state index in [1.54, 1.807) is 12.1 Å². The molecule has 79 heavy (non-hydrogen) atoms. The van der Waals surface area contributed by atoms with E-state index >= 15 is 0 Å². The molecule has 2 aliphatic rings. The predicted octanol–water partition coefficient (Wildman–Crippen LogP) is 12.6. The fourth-order valence-corrected chi connectivity index (χ4v) is 10.3. The molecule has 16 heteroatoms. The summed E-state index contributed by atoms with van der Waals surface area (Å²) in [5.74, 6) is -0.795. The number of carbonyl (C=O) groups excluding carboxylic acids is 6. The molecule has 0 radical (unpaired) electrons. The molecular weight excluding hydrogens is 1030 g/mol. The van der Waals surface area contributed by atoms with Crippen LogP contribution in [0.3, 0.4) is 0 Å². The first-order valence-corrected chi connectivity index (χ1v) is 28.7. The third-order valence-electron chi connectivity index (χ3n) is 14.1. The van der Waals surface area contributed by atoms with Crippen molar-refractivity contribution in [3.63, 3.8) is 0 Å². The molecule has 0 saturated heterocycles. The Kier molecular flexibility index (Phi) is 24.0. The highest BCUT2D eigenvalue weighted by Gasteiger charge is 2.32. The van der Waals surface area contributed by atoms with Crippen LogP contribution >= 0.6 is 11.3 Å². The van der Waals surface area contributed by atoms with Crippen LogP contribution in [0.25, 0.3) is 21.5 Å². The van der Waals surface area contributed by atoms with Crippen molar-refractivity contribution in [1.82, 2.24) is 4.98 Å². The second-order valence-electron chi connectivity index (χ2n) is 20.0. The van der Waals surface area contributed by atoms with Crippen molar-refractivity contribution in [2.24, 2.45) is 11.8 Å². The van der Waals surface area contributed by atoms with Crippen molar-refractivity contribution in [2.45, 2.75) is 141 Å². The number of esters is 6. The van der Waals surface area contributed by atoms with Gasteiger partial charge in [-0.15, -0.1) is 11.3 Å². The van der Waals surface area contributed by atoms with Gasteiger partial charge in [0.25, 0.3) is 0 Å². The van der Waals surface area contributed by atoms with Gasteiger partial charge in [0.15, 0.2) is 5.75 Å². The lowest BCUT2D eigenvalue weighted by Crippen LogP contribution is -2.30. The second-order valence-corrected chi connectivity index (χ2v) is 20.9. The summed E-state index contributed by atoms with van der Waals surface area (Å²) < 4.78 is 45.5. The molecule has 0 atom stereocenters. The Morgan fingerprint density at radius 3 is 1.43 bits per heavy atom.